The highest BCUT2D eigenvalue weighted by molar-refractivity contribution is 5.99. The Hall–Kier alpha value is -1.57. The molecule has 1 atom stereocenters. The number of carbonyl (C=O) groups excluding carboxylic acids is 1. The maximum Gasteiger partial charge on any atom is 0.156 e. The van der Waals surface area contributed by atoms with Crippen molar-refractivity contribution in [2.24, 2.45) is 5.92 Å². The number of fused-ring (bicyclic) bond motifs is 3. The largest absolute Gasteiger partial charge is 0.508 e. The number of ketones is 1. The van der Waals surface area contributed by atoms with Crippen LogP contribution in [0.4, 0.5) is 0 Å². The fourth-order valence-electron chi connectivity index (χ4n) is 2.83. The summed E-state index contributed by atoms with van der Waals surface area (Å²) in [4.78, 5) is 11.5. The van der Waals surface area contributed by atoms with E-state index in [1.807, 2.05) is 18.2 Å². The van der Waals surface area contributed by atoms with Gasteiger partial charge in [-0.25, -0.2) is 0 Å². The van der Waals surface area contributed by atoms with E-state index in [0.29, 0.717) is 18.1 Å². The average molecular weight is 214 g/mol. The maximum atomic E-state index is 11.5. The van der Waals surface area contributed by atoms with E-state index in [1.165, 1.54) is 16.7 Å². The molecule has 0 aromatic heterocycles. The molecule has 1 aromatic rings. The van der Waals surface area contributed by atoms with Crippen LogP contribution in [0.3, 0.4) is 0 Å². The van der Waals surface area contributed by atoms with Crippen LogP contribution in [0.5, 0.6) is 5.75 Å². The van der Waals surface area contributed by atoms with Gasteiger partial charge in [0, 0.05) is 6.42 Å². The molecule has 0 bridgehead atoms. The smallest absolute Gasteiger partial charge is 0.156 e. The minimum absolute atomic E-state index is 0.243. The molecule has 2 heteroatoms. The summed E-state index contributed by atoms with van der Waals surface area (Å²) in [5, 5.41) is 9.45. The second kappa shape index (κ2) is 3.48. The molecule has 0 saturated carbocycles. The van der Waals surface area contributed by atoms with Gasteiger partial charge in [0.1, 0.15) is 5.75 Å². The SMILES string of the molecule is O=C1C=C2c3ccc(O)cc3CCC2CC1. The van der Waals surface area contributed by atoms with Crippen molar-refractivity contribution in [2.75, 3.05) is 0 Å². The van der Waals surface area contributed by atoms with E-state index in [0.717, 1.165) is 19.3 Å². The zero-order chi connectivity index (χ0) is 11.1. The lowest BCUT2D eigenvalue weighted by Crippen LogP contribution is -2.19. The number of phenols is 1. The first-order chi connectivity index (χ1) is 7.74. The van der Waals surface area contributed by atoms with Crippen molar-refractivity contribution in [2.45, 2.75) is 25.7 Å². The number of benzene rings is 1. The first kappa shape index (κ1) is 9.64. The van der Waals surface area contributed by atoms with Gasteiger partial charge in [0.05, 0.1) is 0 Å². The van der Waals surface area contributed by atoms with Gasteiger partial charge in [-0.15, -0.1) is 0 Å². The van der Waals surface area contributed by atoms with Crippen molar-refractivity contribution in [1.29, 1.82) is 0 Å². The molecular weight excluding hydrogens is 200 g/mol. The Morgan fingerprint density at radius 1 is 1.19 bits per heavy atom. The van der Waals surface area contributed by atoms with Crippen LogP contribution in [0.25, 0.3) is 5.57 Å². The second-order valence-corrected chi connectivity index (χ2v) is 4.68. The lowest BCUT2D eigenvalue weighted by Gasteiger charge is -2.30. The minimum Gasteiger partial charge on any atom is -0.508 e. The third-order valence-corrected chi connectivity index (χ3v) is 3.66. The molecule has 0 fully saturated rings. The molecule has 16 heavy (non-hydrogen) atoms. The van der Waals surface area contributed by atoms with Crippen LogP contribution in [-0.4, -0.2) is 10.9 Å². The van der Waals surface area contributed by atoms with Gasteiger partial charge >= 0.3 is 0 Å². The van der Waals surface area contributed by atoms with Gasteiger partial charge in [0.25, 0.3) is 0 Å². The van der Waals surface area contributed by atoms with E-state index >= 15 is 0 Å². The van der Waals surface area contributed by atoms with Gasteiger partial charge in [-0.3, -0.25) is 4.79 Å². The summed E-state index contributed by atoms with van der Waals surface area (Å²) in [6, 6.07) is 5.48. The first-order valence-corrected chi connectivity index (χ1v) is 5.81. The van der Waals surface area contributed by atoms with Gasteiger partial charge < -0.3 is 5.11 Å². The Morgan fingerprint density at radius 3 is 2.88 bits per heavy atom. The molecule has 0 radical (unpaired) electrons. The second-order valence-electron chi connectivity index (χ2n) is 4.68. The molecule has 0 spiro atoms. The highest BCUT2D eigenvalue weighted by Crippen LogP contribution is 2.41. The Balaban J connectivity index is 2.13. The lowest BCUT2D eigenvalue weighted by molar-refractivity contribution is -0.115. The Morgan fingerprint density at radius 2 is 2.00 bits per heavy atom. The molecule has 0 amide bonds. The number of phenolic OH excluding ortho intramolecular Hbond substituents is 1. The number of allylic oxidation sites excluding steroid dienone is 2. The van der Waals surface area contributed by atoms with Crippen LogP contribution < -0.4 is 0 Å². The van der Waals surface area contributed by atoms with Crippen LogP contribution in [0.15, 0.2) is 24.3 Å². The number of carbonyl (C=O) groups is 1. The zero-order valence-corrected chi connectivity index (χ0v) is 9.07. The molecule has 0 saturated heterocycles. The average Bonchev–Trinajstić information content (AvgIpc) is 2.28. The number of hydrogen-bond acceptors (Lipinski definition) is 2. The molecule has 1 unspecified atom stereocenters. The molecule has 0 heterocycles. The molecule has 2 nitrogen and oxygen atoms in total. The molecule has 82 valence electrons. The Bertz CT molecular complexity index is 486. The lowest BCUT2D eigenvalue weighted by atomic mass is 9.74. The number of aromatic hydroxyl groups is 1. The van der Waals surface area contributed by atoms with E-state index in [2.05, 4.69) is 0 Å². The van der Waals surface area contributed by atoms with Crippen molar-refractivity contribution in [3.63, 3.8) is 0 Å². The highest BCUT2D eigenvalue weighted by Gasteiger charge is 2.27. The summed E-state index contributed by atoms with van der Waals surface area (Å²) < 4.78 is 0. The van der Waals surface area contributed by atoms with Crippen molar-refractivity contribution >= 4 is 11.4 Å². The van der Waals surface area contributed by atoms with Crippen molar-refractivity contribution in [3.8, 4) is 5.75 Å². The predicted molar refractivity (Wildman–Crippen MR) is 62.1 cm³/mol. The van der Waals surface area contributed by atoms with Crippen LogP contribution >= 0.6 is 0 Å². The minimum atomic E-state index is 0.243. The zero-order valence-electron chi connectivity index (χ0n) is 9.07. The van der Waals surface area contributed by atoms with Crippen molar-refractivity contribution < 1.29 is 9.90 Å². The Labute approximate surface area is 94.6 Å². The van der Waals surface area contributed by atoms with E-state index in [4.69, 9.17) is 0 Å². The summed E-state index contributed by atoms with van der Waals surface area (Å²) in [6.45, 7) is 0. The summed E-state index contributed by atoms with van der Waals surface area (Å²) in [5.41, 5.74) is 3.54. The molecule has 1 N–H and O–H groups in total. The first-order valence-electron chi connectivity index (χ1n) is 5.81. The fourth-order valence-corrected chi connectivity index (χ4v) is 2.83. The fraction of sp³-hybridized carbons (Fsp3) is 0.357. The summed E-state index contributed by atoms with van der Waals surface area (Å²) in [5.74, 6) is 1.11. The number of hydrogen-bond donors (Lipinski definition) is 1. The van der Waals surface area contributed by atoms with Crippen LogP contribution in [0, 0.1) is 5.92 Å². The van der Waals surface area contributed by atoms with Gasteiger partial charge in [0.2, 0.25) is 0 Å². The summed E-state index contributed by atoms with van der Waals surface area (Å²) in [7, 11) is 0. The molecule has 3 rings (SSSR count). The Kier molecular flexibility index (Phi) is 2.10. The predicted octanol–water partition coefficient (Wildman–Crippen LogP) is 2.70. The van der Waals surface area contributed by atoms with Crippen LogP contribution in [0.1, 0.15) is 30.4 Å². The van der Waals surface area contributed by atoms with Gasteiger partial charge in [-0.2, -0.15) is 0 Å². The molecule has 2 aliphatic rings. The van der Waals surface area contributed by atoms with Gasteiger partial charge in [0.15, 0.2) is 5.78 Å². The molecule has 2 aliphatic carbocycles. The van der Waals surface area contributed by atoms with Crippen molar-refractivity contribution in [1.82, 2.24) is 0 Å². The number of aryl methyl sites for hydroxylation is 1. The molecule has 1 aromatic carbocycles. The van der Waals surface area contributed by atoms with Gasteiger partial charge in [-0.05, 0) is 60.1 Å². The van der Waals surface area contributed by atoms with Crippen LogP contribution in [0.2, 0.25) is 0 Å². The third kappa shape index (κ3) is 1.45. The third-order valence-electron chi connectivity index (χ3n) is 3.66. The maximum absolute atomic E-state index is 11.5. The summed E-state index contributed by atoms with van der Waals surface area (Å²) in [6.07, 6.45) is 5.62. The van der Waals surface area contributed by atoms with E-state index in [-0.39, 0.29) is 5.78 Å². The molecular formula is C14H14O2. The van der Waals surface area contributed by atoms with E-state index < -0.39 is 0 Å². The van der Waals surface area contributed by atoms with Crippen molar-refractivity contribution in [3.05, 3.63) is 35.4 Å². The quantitative estimate of drug-likeness (QED) is 0.721. The molecule has 0 aliphatic heterocycles. The monoisotopic (exact) mass is 214 g/mol. The van der Waals surface area contributed by atoms with E-state index in [9.17, 15) is 9.90 Å². The normalized spacial score (nSPS) is 23.4. The standard InChI is InChI=1S/C14H14O2/c15-11-5-6-13-10(7-11)2-1-9-3-4-12(16)8-14(9)13/h5-9,15H,1-4H2. The highest BCUT2D eigenvalue weighted by atomic mass is 16.3. The van der Waals surface area contributed by atoms with E-state index in [1.54, 1.807) is 6.07 Å². The number of rotatable bonds is 0. The summed E-state index contributed by atoms with van der Waals surface area (Å²) >= 11 is 0. The van der Waals surface area contributed by atoms with Gasteiger partial charge in [-0.1, -0.05) is 6.07 Å². The van der Waals surface area contributed by atoms with Crippen LogP contribution in [-0.2, 0) is 11.2 Å². The topological polar surface area (TPSA) is 37.3 Å².